The van der Waals surface area contributed by atoms with Crippen molar-refractivity contribution in [2.45, 2.75) is 33.0 Å². The SMILES string of the molecule is C=O.C=O.CNc1ccccc1.Cc1ccc(Nc2ccc(CCNCC(O)c3ccc(O)c(CO)c3)cc2)cc1C. The topological polar surface area (TPSA) is 131 Å². The van der Waals surface area contributed by atoms with Crippen LogP contribution in [-0.2, 0) is 22.6 Å². The Morgan fingerprint density at radius 2 is 1.40 bits per heavy atom. The first kappa shape index (κ1) is 35.5. The molecule has 0 bridgehead atoms. The number of hydrogen-bond acceptors (Lipinski definition) is 8. The number of para-hydroxylation sites is 1. The fraction of sp³-hybridized carbons (Fsp3) is 0.235. The second-order valence-electron chi connectivity index (χ2n) is 9.25. The lowest BCUT2D eigenvalue weighted by Gasteiger charge is -2.14. The van der Waals surface area contributed by atoms with Crippen LogP contribution in [-0.4, -0.2) is 49.0 Å². The van der Waals surface area contributed by atoms with E-state index in [4.69, 9.17) is 9.59 Å². The molecular formula is C34H43N3O5. The Morgan fingerprint density at radius 1 is 0.762 bits per heavy atom. The maximum Gasteiger partial charge on any atom is 0.121 e. The number of aromatic hydroxyl groups is 1. The highest BCUT2D eigenvalue weighted by molar-refractivity contribution is 5.61. The predicted molar refractivity (Wildman–Crippen MR) is 171 cm³/mol. The molecule has 4 rings (SSSR count). The maximum atomic E-state index is 10.3. The van der Waals surface area contributed by atoms with Crippen molar-refractivity contribution in [2.75, 3.05) is 30.8 Å². The summed E-state index contributed by atoms with van der Waals surface area (Å²) in [6, 6.07) is 29.6. The average molecular weight is 574 g/mol. The molecule has 4 aromatic rings. The van der Waals surface area contributed by atoms with Gasteiger partial charge in [0.25, 0.3) is 0 Å². The van der Waals surface area contributed by atoms with E-state index in [0.717, 1.165) is 30.0 Å². The molecule has 0 saturated heterocycles. The molecule has 0 amide bonds. The first-order valence-corrected chi connectivity index (χ1v) is 13.4. The van der Waals surface area contributed by atoms with E-state index in [1.165, 1.54) is 22.8 Å². The highest BCUT2D eigenvalue weighted by Crippen LogP contribution is 2.22. The summed E-state index contributed by atoms with van der Waals surface area (Å²) < 4.78 is 0. The lowest BCUT2D eigenvalue weighted by molar-refractivity contribution is -0.0987. The number of anilines is 3. The third-order valence-corrected chi connectivity index (χ3v) is 6.40. The van der Waals surface area contributed by atoms with E-state index in [-0.39, 0.29) is 12.4 Å². The molecule has 0 aliphatic carbocycles. The van der Waals surface area contributed by atoms with Gasteiger partial charge in [0, 0.05) is 36.2 Å². The van der Waals surface area contributed by atoms with Crippen molar-refractivity contribution in [3.05, 3.63) is 119 Å². The molecule has 42 heavy (non-hydrogen) atoms. The zero-order valence-electron chi connectivity index (χ0n) is 24.6. The molecule has 1 atom stereocenters. The summed E-state index contributed by atoms with van der Waals surface area (Å²) in [5, 5.41) is 38.9. The van der Waals surface area contributed by atoms with E-state index in [9.17, 15) is 15.3 Å². The first-order chi connectivity index (χ1) is 20.4. The monoisotopic (exact) mass is 573 g/mol. The van der Waals surface area contributed by atoms with Crippen LogP contribution >= 0.6 is 0 Å². The molecule has 4 aromatic carbocycles. The van der Waals surface area contributed by atoms with Crippen LogP contribution in [0.2, 0.25) is 0 Å². The summed E-state index contributed by atoms with van der Waals surface area (Å²) in [7, 11) is 1.91. The van der Waals surface area contributed by atoms with Gasteiger partial charge in [0.05, 0.1) is 12.7 Å². The number of aryl methyl sites for hydroxylation is 2. The zero-order chi connectivity index (χ0) is 31.3. The minimum atomic E-state index is -0.694. The molecule has 0 aromatic heterocycles. The largest absolute Gasteiger partial charge is 0.508 e. The molecule has 8 heteroatoms. The van der Waals surface area contributed by atoms with Crippen LogP contribution in [0.15, 0.2) is 91.0 Å². The molecule has 0 heterocycles. The summed E-state index contributed by atoms with van der Waals surface area (Å²) in [5.41, 5.74) is 8.16. The summed E-state index contributed by atoms with van der Waals surface area (Å²) >= 11 is 0. The predicted octanol–water partition coefficient (Wildman–Crippen LogP) is 5.47. The van der Waals surface area contributed by atoms with Crippen LogP contribution in [0.5, 0.6) is 5.75 Å². The number of nitrogens with one attached hydrogen (secondary N) is 3. The highest BCUT2D eigenvalue weighted by Gasteiger charge is 2.10. The lowest BCUT2D eigenvalue weighted by Crippen LogP contribution is -2.23. The fourth-order valence-electron chi connectivity index (χ4n) is 3.87. The Bertz CT molecular complexity index is 1300. The van der Waals surface area contributed by atoms with Gasteiger partial charge in [-0.3, -0.25) is 0 Å². The van der Waals surface area contributed by atoms with Crippen molar-refractivity contribution in [3.63, 3.8) is 0 Å². The van der Waals surface area contributed by atoms with Crippen molar-refractivity contribution in [1.82, 2.24) is 5.32 Å². The number of aliphatic hydroxyl groups is 2. The molecule has 0 aliphatic rings. The van der Waals surface area contributed by atoms with Gasteiger partial charge in [-0.2, -0.15) is 0 Å². The van der Waals surface area contributed by atoms with Gasteiger partial charge in [-0.1, -0.05) is 42.5 Å². The number of carbonyl (C=O) groups excluding carboxylic acids is 2. The number of rotatable bonds is 10. The smallest absolute Gasteiger partial charge is 0.121 e. The molecule has 8 nitrogen and oxygen atoms in total. The third-order valence-electron chi connectivity index (χ3n) is 6.40. The van der Waals surface area contributed by atoms with Gasteiger partial charge in [-0.05, 0) is 97.6 Å². The standard InChI is InChI=1S/C25H30N2O3.C7H9N.2CH2O/c1-17-3-7-23(13-18(17)2)27-22-8-4-19(5-9-22)11-12-26-15-25(30)20-6-10-24(29)21(14-20)16-28;1-8-7-5-3-2-4-6-7;2*1-2/h3-10,13-14,25-30H,11-12,15-16H2,1-2H3;2-6,8H,1H3;2*1H2. The Labute approximate surface area is 249 Å². The van der Waals surface area contributed by atoms with Crippen molar-refractivity contribution in [1.29, 1.82) is 0 Å². The normalized spacial score (nSPS) is 10.4. The van der Waals surface area contributed by atoms with E-state index in [0.29, 0.717) is 17.7 Å². The van der Waals surface area contributed by atoms with Gasteiger partial charge >= 0.3 is 0 Å². The zero-order valence-corrected chi connectivity index (χ0v) is 24.6. The molecule has 1 unspecified atom stereocenters. The number of phenols is 1. The van der Waals surface area contributed by atoms with Crippen LogP contribution in [0.4, 0.5) is 17.1 Å². The molecule has 0 radical (unpaired) electrons. The highest BCUT2D eigenvalue weighted by atomic mass is 16.3. The van der Waals surface area contributed by atoms with Crippen molar-refractivity contribution < 1.29 is 24.9 Å². The Morgan fingerprint density at radius 3 is 1.98 bits per heavy atom. The molecular weight excluding hydrogens is 530 g/mol. The Balaban J connectivity index is 0.000000620. The van der Waals surface area contributed by atoms with Crippen LogP contribution in [0.25, 0.3) is 0 Å². The summed E-state index contributed by atoms with van der Waals surface area (Å²) in [4.78, 5) is 16.0. The van der Waals surface area contributed by atoms with Crippen molar-refractivity contribution in [2.24, 2.45) is 0 Å². The number of aliphatic hydroxyl groups excluding tert-OH is 2. The van der Waals surface area contributed by atoms with Gasteiger partial charge in [0.1, 0.15) is 19.3 Å². The number of benzene rings is 4. The van der Waals surface area contributed by atoms with Crippen molar-refractivity contribution in [3.8, 4) is 5.75 Å². The molecule has 0 saturated carbocycles. The second-order valence-corrected chi connectivity index (χ2v) is 9.25. The molecule has 0 fully saturated rings. The van der Waals surface area contributed by atoms with E-state index < -0.39 is 6.10 Å². The van der Waals surface area contributed by atoms with Gasteiger partial charge in [-0.25, -0.2) is 0 Å². The van der Waals surface area contributed by atoms with Crippen LogP contribution in [0.3, 0.4) is 0 Å². The maximum absolute atomic E-state index is 10.3. The van der Waals surface area contributed by atoms with E-state index in [1.807, 2.05) is 51.0 Å². The van der Waals surface area contributed by atoms with E-state index in [1.54, 1.807) is 12.1 Å². The van der Waals surface area contributed by atoms with Crippen LogP contribution in [0.1, 0.15) is 33.9 Å². The van der Waals surface area contributed by atoms with Crippen LogP contribution in [0, 0.1) is 13.8 Å². The minimum absolute atomic E-state index is 0.0388. The Hall–Kier alpha value is -4.50. The lowest BCUT2D eigenvalue weighted by atomic mass is 10.1. The number of carbonyl (C=O) groups is 2. The molecule has 0 spiro atoms. The third kappa shape index (κ3) is 12.3. The Kier molecular flexibility index (Phi) is 17.2. The summed E-state index contributed by atoms with van der Waals surface area (Å²) in [5.74, 6) is 0.0388. The van der Waals surface area contributed by atoms with Gasteiger partial charge in [0.15, 0.2) is 0 Å². The molecule has 0 aliphatic heterocycles. The molecule has 6 N–H and O–H groups in total. The number of hydrogen-bond donors (Lipinski definition) is 6. The van der Waals surface area contributed by atoms with Crippen LogP contribution < -0.4 is 16.0 Å². The fourth-order valence-corrected chi connectivity index (χ4v) is 3.87. The van der Waals surface area contributed by atoms with Gasteiger partial charge in [0.2, 0.25) is 0 Å². The minimum Gasteiger partial charge on any atom is -0.508 e. The quantitative estimate of drug-likeness (QED) is 0.138. The first-order valence-electron chi connectivity index (χ1n) is 13.4. The average Bonchev–Trinajstić information content (AvgIpc) is 3.04. The van der Waals surface area contributed by atoms with Gasteiger partial charge < -0.3 is 40.9 Å². The summed E-state index contributed by atoms with van der Waals surface area (Å²) in [6.45, 7) is 9.11. The van der Waals surface area contributed by atoms with E-state index in [2.05, 4.69) is 72.3 Å². The van der Waals surface area contributed by atoms with Gasteiger partial charge in [-0.15, -0.1) is 0 Å². The summed E-state index contributed by atoms with van der Waals surface area (Å²) in [6.07, 6.45) is 0.161. The van der Waals surface area contributed by atoms with Crippen molar-refractivity contribution >= 4 is 30.6 Å². The van der Waals surface area contributed by atoms with E-state index >= 15 is 0 Å². The second kappa shape index (κ2) is 20.4. The molecule has 224 valence electrons.